The fraction of sp³-hybridized carbons (Fsp3) is 0.538. The lowest BCUT2D eigenvalue weighted by atomic mass is 10.0. The summed E-state index contributed by atoms with van der Waals surface area (Å²) >= 11 is 2.09. The van der Waals surface area contributed by atoms with Crippen LogP contribution in [-0.4, -0.2) is 29.7 Å². The molecule has 1 aromatic rings. The van der Waals surface area contributed by atoms with Crippen LogP contribution in [-0.2, 0) is 14.3 Å². The van der Waals surface area contributed by atoms with Crippen LogP contribution in [0.3, 0.4) is 0 Å². The van der Waals surface area contributed by atoms with Crippen molar-refractivity contribution >= 4 is 32.7 Å². The van der Waals surface area contributed by atoms with Gasteiger partial charge in [0.05, 0.1) is 17.1 Å². The Hall–Kier alpha value is -0.180. The molecule has 0 saturated carbocycles. The molecule has 0 spiro atoms. The number of hydrogen-bond acceptors (Lipinski definition) is 4. The van der Waals surface area contributed by atoms with E-state index in [2.05, 4.69) is 22.6 Å². The molecule has 19 heavy (non-hydrogen) atoms. The Kier molecular flexibility index (Phi) is 5.78. The van der Waals surface area contributed by atoms with Crippen LogP contribution in [0.2, 0.25) is 0 Å². The third-order valence-electron chi connectivity index (χ3n) is 2.85. The van der Waals surface area contributed by atoms with Crippen molar-refractivity contribution in [2.75, 3.05) is 6.61 Å². The lowest BCUT2D eigenvalue weighted by molar-refractivity contribution is 0.0151. The van der Waals surface area contributed by atoms with Crippen molar-refractivity contribution in [1.29, 1.82) is 0 Å². The van der Waals surface area contributed by atoms with Gasteiger partial charge in [0.25, 0.3) is 10.1 Å². The maximum Gasteiger partial charge on any atom is 0.297 e. The van der Waals surface area contributed by atoms with E-state index in [-0.39, 0.29) is 15.4 Å². The molecule has 0 fully saturated rings. The van der Waals surface area contributed by atoms with Gasteiger partial charge in [-0.25, -0.2) is 0 Å². The van der Waals surface area contributed by atoms with Crippen LogP contribution >= 0.6 is 22.6 Å². The molecule has 1 N–H and O–H groups in total. The fourth-order valence-electron chi connectivity index (χ4n) is 1.50. The molecule has 0 aromatic heterocycles. The van der Waals surface area contributed by atoms with Crippen LogP contribution in [0.5, 0.6) is 0 Å². The largest absolute Gasteiger partial charge is 0.387 e. The van der Waals surface area contributed by atoms with E-state index in [1.165, 1.54) is 12.1 Å². The summed E-state index contributed by atoms with van der Waals surface area (Å²) in [5.74, 6) is 0. The minimum Gasteiger partial charge on any atom is -0.387 e. The van der Waals surface area contributed by atoms with Gasteiger partial charge in [0.15, 0.2) is 0 Å². The zero-order valence-electron chi connectivity index (χ0n) is 11.3. The predicted molar refractivity (Wildman–Crippen MR) is 83.0 cm³/mol. The minimum atomic E-state index is -3.82. The second kappa shape index (κ2) is 6.51. The third kappa shape index (κ3) is 4.70. The molecule has 0 amide bonds. The minimum absolute atomic E-state index is 0.0710. The Morgan fingerprint density at radius 3 is 2.37 bits per heavy atom. The molecule has 0 radical (unpaired) electrons. The molecule has 4 nitrogen and oxygen atoms in total. The average Bonchev–Trinajstić information content (AvgIpc) is 2.36. The monoisotopic (exact) mass is 398 g/mol. The van der Waals surface area contributed by atoms with Crippen molar-refractivity contribution in [1.82, 2.24) is 0 Å². The van der Waals surface area contributed by atoms with Crippen LogP contribution in [0.1, 0.15) is 25.8 Å². The van der Waals surface area contributed by atoms with E-state index in [1.807, 2.05) is 13.8 Å². The maximum absolute atomic E-state index is 12.0. The molecule has 6 heteroatoms. The first kappa shape index (κ1) is 16.9. The first-order chi connectivity index (χ1) is 8.69. The van der Waals surface area contributed by atoms with Gasteiger partial charge in [-0.1, -0.05) is 47.2 Å². The standard InChI is InChI=1S/C13H19IO4S/c1-4-12(14)13(3,15)9-18-19(16,17)11-7-5-10(2)6-8-11/h5-8,12,15H,4,9H2,1-3H3/t12-,13+/m0/s1. The van der Waals surface area contributed by atoms with Crippen LogP contribution in [0, 0.1) is 6.92 Å². The molecule has 1 rings (SSSR count). The maximum atomic E-state index is 12.0. The van der Waals surface area contributed by atoms with Gasteiger partial charge < -0.3 is 5.11 Å². The quantitative estimate of drug-likeness (QED) is 0.455. The highest BCUT2D eigenvalue weighted by atomic mass is 127. The number of aryl methyl sites for hydroxylation is 1. The van der Waals surface area contributed by atoms with Gasteiger partial charge in [-0.15, -0.1) is 0 Å². The lowest BCUT2D eigenvalue weighted by Crippen LogP contribution is -2.40. The average molecular weight is 398 g/mol. The molecule has 0 aliphatic heterocycles. The SMILES string of the molecule is CC[C@H](I)[C@](C)(O)COS(=O)(=O)c1ccc(C)cc1. The third-order valence-corrected chi connectivity index (χ3v) is 6.35. The highest BCUT2D eigenvalue weighted by molar-refractivity contribution is 14.1. The Morgan fingerprint density at radius 2 is 1.89 bits per heavy atom. The van der Waals surface area contributed by atoms with Crippen LogP contribution in [0.25, 0.3) is 0 Å². The van der Waals surface area contributed by atoms with Crippen LogP contribution in [0.15, 0.2) is 29.2 Å². The zero-order valence-corrected chi connectivity index (χ0v) is 14.2. The van der Waals surface area contributed by atoms with Crippen molar-refractivity contribution in [2.45, 2.75) is 41.6 Å². The Balaban J connectivity index is 2.79. The van der Waals surface area contributed by atoms with Gasteiger partial charge in [0.2, 0.25) is 0 Å². The van der Waals surface area contributed by atoms with Crippen molar-refractivity contribution < 1.29 is 17.7 Å². The number of halogens is 1. The molecular weight excluding hydrogens is 379 g/mol. The molecule has 0 unspecified atom stereocenters. The van der Waals surface area contributed by atoms with Gasteiger partial charge in [-0.3, -0.25) is 4.18 Å². The normalized spacial score (nSPS) is 16.9. The van der Waals surface area contributed by atoms with E-state index in [0.29, 0.717) is 0 Å². The first-order valence-electron chi connectivity index (χ1n) is 6.01. The molecule has 0 saturated heterocycles. The van der Waals surface area contributed by atoms with E-state index < -0.39 is 15.7 Å². The van der Waals surface area contributed by atoms with Gasteiger partial charge in [-0.2, -0.15) is 8.42 Å². The van der Waals surface area contributed by atoms with E-state index in [9.17, 15) is 13.5 Å². The van der Waals surface area contributed by atoms with Crippen molar-refractivity contribution in [3.63, 3.8) is 0 Å². The lowest BCUT2D eigenvalue weighted by Gasteiger charge is -2.27. The summed E-state index contributed by atoms with van der Waals surface area (Å²) in [4.78, 5) is 0.107. The van der Waals surface area contributed by atoms with Crippen LogP contribution in [0.4, 0.5) is 0 Å². The summed E-state index contributed by atoms with van der Waals surface area (Å²) in [7, 11) is -3.82. The predicted octanol–water partition coefficient (Wildman–Crippen LogP) is 2.66. The number of alkyl halides is 1. The van der Waals surface area contributed by atoms with E-state index in [4.69, 9.17) is 4.18 Å². The molecule has 2 atom stereocenters. The fourth-order valence-corrected chi connectivity index (χ4v) is 2.68. The van der Waals surface area contributed by atoms with E-state index >= 15 is 0 Å². The Morgan fingerprint density at radius 1 is 1.37 bits per heavy atom. The molecule has 0 aliphatic carbocycles. The second-order valence-corrected chi connectivity index (χ2v) is 7.88. The van der Waals surface area contributed by atoms with Crippen molar-refractivity contribution in [2.24, 2.45) is 0 Å². The summed E-state index contributed by atoms with van der Waals surface area (Å²) in [6.07, 6.45) is 0.738. The number of hydrogen-bond donors (Lipinski definition) is 1. The second-order valence-electron chi connectivity index (χ2n) is 4.76. The summed E-state index contributed by atoms with van der Waals surface area (Å²) in [6, 6.07) is 6.42. The molecule has 0 aliphatic rings. The summed E-state index contributed by atoms with van der Waals surface area (Å²) in [6.45, 7) is 5.15. The van der Waals surface area contributed by atoms with Crippen LogP contribution < -0.4 is 0 Å². The Labute approximate surface area is 128 Å². The number of benzene rings is 1. The molecular formula is C13H19IO4S. The van der Waals surface area contributed by atoms with Gasteiger partial charge in [0.1, 0.15) is 0 Å². The highest BCUT2D eigenvalue weighted by Crippen LogP contribution is 2.24. The van der Waals surface area contributed by atoms with Crippen molar-refractivity contribution in [3.05, 3.63) is 29.8 Å². The summed E-state index contributed by atoms with van der Waals surface area (Å²) in [5.41, 5.74) is -0.197. The topological polar surface area (TPSA) is 63.6 Å². The zero-order chi connectivity index (χ0) is 14.7. The first-order valence-corrected chi connectivity index (χ1v) is 8.67. The smallest absolute Gasteiger partial charge is 0.297 e. The van der Waals surface area contributed by atoms with Crippen molar-refractivity contribution in [3.8, 4) is 0 Å². The van der Waals surface area contributed by atoms with Gasteiger partial charge >= 0.3 is 0 Å². The number of aliphatic hydroxyl groups is 1. The molecule has 1 aromatic carbocycles. The summed E-state index contributed by atoms with van der Waals surface area (Å²) in [5, 5.41) is 10.1. The van der Waals surface area contributed by atoms with E-state index in [1.54, 1.807) is 19.1 Å². The van der Waals surface area contributed by atoms with E-state index in [0.717, 1.165) is 12.0 Å². The molecule has 108 valence electrons. The van der Waals surface area contributed by atoms with Gasteiger partial charge in [-0.05, 0) is 32.4 Å². The molecule has 0 heterocycles. The summed E-state index contributed by atoms with van der Waals surface area (Å²) < 4.78 is 28.8. The van der Waals surface area contributed by atoms with Gasteiger partial charge in [0, 0.05) is 3.92 Å². The molecule has 0 bridgehead atoms. The Bertz CT molecular complexity index is 508. The number of rotatable bonds is 6. The highest BCUT2D eigenvalue weighted by Gasteiger charge is 2.31.